The number of hydrogen-bond acceptors (Lipinski definition) is 8. The molecule has 0 unspecified atom stereocenters. The topological polar surface area (TPSA) is 125 Å². The molecule has 2 heterocycles. The van der Waals surface area contributed by atoms with Gasteiger partial charge in [-0.15, -0.1) is 0 Å². The fourth-order valence-electron chi connectivity index (χ4n) is 6.37. The van der Waals surface area contributed by atoms with Crippen molar-refractivity contribution >= 4 is 35.1 Å². The number of nitriles is 1. The number of rotatable bonds is 12. The fraction of sp³-hybridized carbons (Fsp3) is 0.514. The van der Waals surface area contributed by atoms with Crippen molar-refractivity contribution in [2.75, 3.05) is 32.6 Å². The van der Waals surface area contributed by atoms with Gasteiger partial charge in [-0.05, 0) is 63.5 Å². The molecule has 1 saturated heterocycles. The lowest BCUT2D eigenvalue weighted by atomic mass is 9.63. The number of hydrogen-bond donors (Lipinski definition) is 3. The highest BCUT2D eigenvalue weighted by Gasteiger charge is 2.61. The Balaban J connectivity index is 1.63. The Kier molecular flexibility index (Phi) is 12.0. The van der Waals surface area contributed by atoms with E-state index in [-0.39, 0.29) is 39.0 Å². The molecule has 0 bridgehead atoms. The predicted molar refractivity (Wildman–Crippen MR) is 185 cm³/mol. The average Bonchev–Trinajstić information content (AvgIpc) is 3.53. The van der Waals surface area contributed by atoms with E-state index in [9.17, 15) is 15.2 Å². The van der Waals surface area contributed by atoms with Crippen molar-refractivity contribution < 1.29 is 28.2 Å². The Bertz CT molecular complexity index is 1670. The highest BCUT2D eigenvalue weighted by molar-refractivity contribution is 6.31. The van der Waals surface area contributed by atoms with Crippen LogP contribution in [0.3, 0.4) is 0 Å². The third-order valence-corrected chi connectivity index (χ3v) is 8.82. The quantitative estimate of drug-likeness (QED) is 0.189. The molecule has 10 nitrogen and oxygen atoms in total. The third-order valence-electron chi connectivity index (χ3n) is 8.29. The number of aliphatic hydroxyl groups is 1. The van der Waals surface area contributed by atoms with Crippen molar-refractivity contribution in [3.63, 3.8) is 0 Å². The molecule has 0 aliphatic carbocycles. The molecular weight excluding hydrogens is 677 g/mol. The second-order valence-corrected chi connectivity index (χ2v) is 15.4. The second-order valence-electron chi connectivity index (χ2n) is 14.5. The molecule has 2 aromatic carbocycles. The summed E-state index contributed by atoms with van der Waals surface area (Å²) in [6, 6.07) is 11.4. The van der Waals surface area contributed by atoms with E-state index in [2.05, 4.69) is 21.8 Å². The zero-order valence-electron chi connectivity index (χ0n) is 28.7. The lowest BCUT2D eigenvalue weighted by Gasteiger charge is -2.37. The van der Waals surface area contributed by atoms with Crippen LogP contribution in [0.2, 0.25) is 10.0 Å². The number of aliphatic hydroxyl groups excluding tert-OH is 1. The van der Waals surface area contributed by atoms with Gasteiger partial charge < -0.3 is 19.5 Å². The molecule has 1 aliphatic heterocycles. The number of benzene rings is 2. The minimum atomic E-state index is -1.76. The molecule has 14 heteroatoms. The Hall–Kier alpha value is -3.31. The monoisotopic (exact) mass is 720 g/mol. The maximum absolute atomic E-state index is 15.8. The van der Waals surface area contributed by atoms with E-state index < -0.39 is 53.0 Å². The van der Waals surface area contributed by atoms with E-state index in [0.29, 0.717) is 19.5 Å². The van der Waals surface area contributed by atoms with E-state index in [1.54, 1.807) is 16.9 Å². The lowest BCUT2D eigenvalue weighted by Crippen LogP contribution is -2.44. The Morgan fingerprint density at radius 3 is 2.55 bits per heavy atom. The Morgan fingerprint density at radius 1 is 1.20 bits per heavy atom. The summed E-state index contributed by atoms with van der Waals surface area (Å²) in [5, 5.41) is 31.3. The first-order valence-corrected chi connectivity index (χ1v) is 16.7. The second kappa shape index (κ2) is 15.3. The van der Waals surface area contributed by atoms with Gasteiger partial charge in [0, 0.05) is 35.4 Å². The van der Waals surface area contributed by atoms with Crippen LogP contribution in [-0.2, 0) is 21.4 Å². The number of carbonyl (C=O) groups excluding carboxylic acids is 1. The maximum Gasteiger partial charge on any atom is 0.414 e. The molecule has 3 aromatic rings. The van der Waals surface area contributed by atoms with Crippen LogP contribution in [0.4, 0.5) is 19.4 Å². The molecular formula is C35H44Cl2F2N6O4. The number of ether oxygens (including phenoxy) is 2. The molecule has 1 fully saturated rings. The van der Waals surface area contributed by atoms with E-state index in [1.165, 1.54) is 30.3 Å². The van der Waals surface area contributed by atoms with Gasteiger partial charge >= 0.3 is 6.09 Å². The molecule has 266 valence electrons. The van der Waals surface area contributed by atoms with Crippen molar-refractivity contribution in [2.24, 2.45) is 5.41 Å². The number of nitrogens with zero attached hydrogens (tertiary/aromatic N) is 4. The molecule has 4 rings (SSSR count). The number of halogens is 4. The lowest BCUT2D eigenvalue weighted by molar-refractivity contribution is -0.0726. The summed E-state index contributed by atoms with van der Waals surface area (Å²) >= 11 is 12.3. The number of likely N-dealkylation sites (N-methyl/N-ethyl adjacent to an activating group) is 1. The standard InChI is InChI=1S/C35H44Cl2F2N6O4/c1-33(2,3)16-27-35(19-40,24-12-11-21(36)15-26(24)38)29(23-9-8-10-25(37)30(23)39)31(41-27)49-32(47)42-28-13-14-45(43-28)20-34(4,5)48-18-22(46)17-44(6)7/h8-15,22,27,29,31,41,46H,16-18,20H2,1-7H3,(H,42,43,47)/t22-,27-,29-,31+,35-/m0/s1. The highest BCUT2D eigenvalue weighted by atomic mass is 35.5. The summed E-state index contributed by atoms with van der Waals surface area (Å²) in [5.41, 5.74) is -2.88. The van der Waals surface area contributed by atoms with Crippen LogP contribution in [0.5, 0.6) is 0 Å². The number of anilines is 1. The van der Waals surface area contributed by atoms with E-state index in [1.807, 2.05) is 53.6 Å². The zero-order valence-corrected chi connectivity index (χ0v) is 30.2. The number of amides is 1. The van der Waals surface area contributed by atoms with E-state index >= 15 is 8.78 Å². The smallest absolute Gasteiger partial charge is 0.414 e. The van der Waals surface area contributed by atoms with E-state index in [0.717, 1.165) is 6.07 Å². The SMILES string of the molecule is CN(C)C[C@H](O)COC(C)(C)Cn1ccc(NC(=O)O[C@H]2N[C@@H](CC(C)(C)C)[C@](C#N)(c3ccc(Cl)cc3F)[C@H]2c2cccc(Cl)c2F)n1. The molecule has 0 radical (unpaired) electrons. The van der Waals surface area contributed by atoms with Crippen molar-refractivity contribution in [3.05, 3.63) is 81.5 Å². The maximum atomic E-state index is 15.8. The van der Waals surface area contributed by atoms with Gasteiger partial charge in [0.05, 0.1) is 41.9 Å². The summed E-state index contributed by atoms with van der Waals surface area (Å²) in [7, 11) is 3.72. The van der Waals surface area contributed by atoms with Gasteiger partial charge in [-0.1, -0.05) is 62.2 Å². The van der Waals surface area contributed by atoms with Crippen molar-refractivity contribution in [1.29, 1.82) is 5.26 Å². The van der Waals surface area contributed by atoms with Gasteiger partial charge in [-0.2, -0.15) is 10.4 Å². The Labute approximate surface area is 296 Å². The van der Waals surface area contributed by atoms with Crippen LogP contribution < -0.4 is 10.6 Å². The summed E-state index contributed by atoms with van der Waals surface area (Å²) in [6.07, 6.45) is -0.906. The molecule has 0 saturated carbocycles. The van der Waals surface area contributed by atoms with Crippen LogP contribution in [0.25, 0.3) is 0 Å². The van der Waals surface area contributed by atoms with Crippen LogP contribution in [0, 0.1) is 28.4 Å². The molecule has 3 N–H and O–H groups in total. The molecule has 49 heavy (non-hydrogen) atoms. The van der Waals surface area contributed by atoms with Gasteiger partial charge in [0.1, 0.15) is 17.0 Å². The van der Waals surface area contributed by atoms with Crippen LogP contribution in [0.15, 0.2) is 48.7 Å². The van der Waals surface area contributed by atoms with Crippen LogP contribution in [-0.4, -0.2) is 77.1 Å². The Morgan fingerprint density at radius 2 is 1.92 bits per heavy atom. The highest BCUT2D eigenvalue weighted by Crippen LogP contribution is 2.53. The third kappa shape index (κ3) is 9.28. The summed E-state index contributed by atoms with van der Waals surface area (Å²) < 4.78 is 45.0. The van der Waals surface area contributed by atoms with Gasteiger partial charge in [0.2, 0.25) is 0 Å². The van der Waals surface area contributed by atoms with Gasteiger partial charge in [0.25, 0.3) is 0 Å². The van der Waals surface area contributed by atoms with Gasteiger partial charge in [-0.3, -0.25) is 15.3 Å². The average molecular weight is 722 g/mol. The molecule has 1 amide bonds. The largest absolute Gasteiger partial charge is 0.429 e. The first-order chi connectivity index (χ1) is 22.8. The predicted octanol–water partition coefficient (Wildman–Crippen LogP) is 6.71. The minimum Gasteiger partial charge on any atom is -0.429 e. The normalized spacial score (nSPS) is 21.8. The zero-order chi connectivity index (χ0) is 36.3. The van der Waals surface area contributed by atoms with Crippen molar-refractivity contribution in [2.45, 2.75) is 82.9 Å². The van der Waals surface area contributed by atoms with E-state index in [4.69, 9.17) is 32.7 Å². The first-order valence-electron chi connectivity index (χ1n) is 15.9. The van der Waals surface area contributed by atoms with Crippen LogP contribution in [0.1, 0.15) is 58.1 Å². The van der Waals surface area contributed by atoms with Crippen molar-refractivity contribution in [1.82, 2.24) is 20.0 Å². The van der Waals surface area contributed by atoms with Gasteiger partial charge in [-0.25, -0.2) is 13.6 Å². The van der Waals surface area contributed by atoms with Crippen molar-refractivity contribution in [3.8, 4) is 6.07 Å². The summed E-state index contributed by atoms with van der Waals surface area (Å²) in [4.78, 5) is 15.3. The number of aromatic nitrogens is 2. The molecule has 1 aliphatic rings. The number of nitrogens with one attached hydrogen (secondary N) is 2. The minimum absolute atomic E-state index is 0.0187. The summed E-state index contributed by atoms with van der Waals surface area (Å²) in [5.74, 6) is -2.63. The fourth-order valence-corrected chi connectivity index (χ4v) is 6.71. The molecule has 0 spiro atoms. The van der Waals surface area contributed by atoms with Gasteiger partial charge in [0.15, 0.2) is 12.0 Å². The summed E-state index contributed by atoms with van der Waals surface area (Å²) in [6.45, 7) is 10.5. The number of carbonyl (C=O) groups is 1. The first kappa shape index (κ1) is 38.5. The molecule has 1 aromatic heterocycles. The van der Waals surface area contributed by atoms with Crippen LogP contribution >= 0.6 is 23.2 Å². The molecule has 5 atom stereocenters.